The lowest BCUT2D eigenvalue weighted by molar-refractivity contribution is -0.136. The molecule has 138 valence electrons. The van der Waals surface area contributed by atoms with Crippen LogP contribution in [-0.2, 0) is 14.3 Å². The number of rotatable bonds is 7. The molecule has 0 N–H and O–H groups in total. The first-order chi connectivity index (χ1) is 11.9. The number of thioether (sulfide) groups is 1. The van der Waals surface area contributed by atoms with Crippen LogP contribution in [0.25, 0.3) is 5.57 Å². The lowest BCUT2D eigenvalue weighted by Gasteiger charge is -2.12. The Morgan fingerprint density at radius 1 is 1.28 bits per heavy atom. The third kappa shape index (κ3) is 5.54. The third-order valence-electron chi connectivity index (χ3n) is 4.15. The van der Waals surface area contributed by atoms with Gasteiger partial charge in [-0.2, -0.15) is 0 Å². The number of hydrogen-bond donors (Lipinski definition) is 0. The minimum atomic E-state index is -1.46. The number of alkyl halides is 2. The van der Waals surface area contributed by atoms with Crippen molar-refractivity contribution in [2.45, 2.75) is 49.4 Å². The molecule has 1 aromatic carbocycles. The lowest BCUT2D eigenvalue weighted by atomic mass is 9.98. The topological polar surface area (TPSA) is 35.5 Å². The number of ether oxygens (including phenoxy) is 2. The van der Waals surface area contributed by atoms with E-state index in [-0.39, 0.29) is 30.8 Å². The smallest absolute Gasteiger partial charge is 0.338 e. The van der Waals surface area contributed by atoms with E-state index in [0.29, 0.717) is 11.1 Å². The molecule has 2 rings (SSSR count). The van der Waals surface area contributed by atoms with Crippen molar-refractivity contribution in [2.24, 2.45) is 5.92 Å². The summed E-state index contributed by atoms with van der Waals surface area (Å²) >= 11 is 1.56. The normalized spacial score (nSPS) is 25.0. The number of hydrogen-bond acceptors (Lipinski definition) is 4. The van der Waals surface area contributed by atoms with Crippen LogP contribution in [-0.4, -0.2) is 37.5 Å². The van der Waals surface area contributed by atoms with Crippen LogP contribution in [0.4, 0.5) is 8.78 Å². The molecule has 6 heteroatoms. The van der Waals surface area contributed by atoms with Gasteiger partial charge in [0.05, 0.1) is 12.2 Å². The van der Waals surface area contributed by atoms with Gasteiger partial charge in [-0.1, -0.05) is 30.0 Å². The first-order valence-electron chi connectivity index (χ1n) is 8.41. The van der Waals surface area contributed by atoms with Gasteiger partial charge in [-0.05, 0) is 50.3 Å². The number of carbonyl (C=O) groups excluding carboxylic acids is 1. The molecule has 0 aromatic heterocycles. The summed E-state index contributed by atoms with van der Waals surface area (Å²) < 4.78 is 37.2. The molecule has 3 nitrogen and oxygen atoms in total. The summed E-state index contributed by atoms with van der Waals surface area (Å²) in [6.07, 6.45) is -1.06. The monoisotopic (exact) mass is 370 g/mol. The molecule has 0 spiro atoms. The number of benzene rings is 1. The van der Waals surface area contributed by atoms with Gasteiger partial charge in [0.2, 0.25) is 0 Å². The Morgan fingerprint density at radius 3 is 2.40 bits per heavy atom. The zero-order valence-electron chi connectivity index (χ0n) is 14.7. The predicted molar refractivity (Wildman–Crippen MR) is 95.9 cm³/mol. The molecule has 0 saturated heterocycles. The Bertz CT molecular complexity index is 593. The molecule has 1 aromatic rings. The van der Waals surface area contributed by atoms with E-state index in [0.717, 1.165) is 4.90 Å². The van der Waals surface area contributed by atoms with Crippen molar-refractivity contribution < 1.29 is 23.0 Å². The summed E-state index contributed by atoms with van der Waals surface area (Å²) in [7, 11) is 1.64. The summed E-state index contributed by atoms with van der Waals surface area (Å²) in [4.78, 5) is 13.3. The van der Waals surface area contributed by atoms with E-state index in [4.69, 9.17) is 9.47 Å². The highest BCUT2D eigenvalue weighted by molar-refractivity contribution is 7.99. The van der Waals surface area contributed by atoms with Crippen LogP contribution >= 0.6 is 11.8 Å². The van der Waals surface area contributed by atoms with Gasteiger partial charge in [-0.25, -0.2) is 13.6 Å². The average molecular weight is 370 g/mol. The lowest BCUT2D eigenvalue weighted by Crippen LogP contribution is -2.08. The summed E-state index contributed by atoms with van der Waals surface area (Å²) in [6.45, 7) is 3.92. The van der Waals surface area contributed by atoms with Crippen molar-refractivity contribution >= 4 is 23.3 Å². The van der Waals surface area contributed by atoms with E-state index in [1.165, 1.54) is 0 Å². The molecule has 2 unspecified atom stereocenters. The fraction of sp³-hybridized carbons (Fsp3) is 0.526. The highest BCUT2D eigenvalue weighted by atomic mass is 32.2. The second-order valence-corrected chi connectivity index (χ2v) is 7.38. The minimum Gasteiger partial charge on any atom is -0.462 e. The number of halogens is 2. The third-order valence-corrected chi connectivity index (χ3v) is 5.21. The molecule has 0 aliphatic heterocycles. The summed E-state index contributed by atoms with van der Waals surface area (Å²) in [5.41, 5.74) is 1.07. The molecule has 25 heavy (non-hydrogen) atoms. The molecular formula is C19H24F2O3S. The molecular weight excluding hydrogens is 346 g/mol. The standard InChI is InChI=1S/C19H24F2O3S/c1-4-24-19(22)16(9-13-10-17(20)18(21)11-13)14-5-7-15(8-6-14)25-12(2)23-3/h5-9,12-13,17-18H,4,10-11H2,1-3H3/b16-9+/t12?,13?,17-,18+. The molecule has 1 aliphatic carbocycles. The molecule has 0 bridgehead atoms. The van der Waals surface area contributed by atoms with Crippen LogP contribution in [0.2, 0.25) is 0 Å². The van der Waals surface area contributed by atoms with Gasteiger partial charge in [0.15, 0.2) is 0 Å². The zero-order valence-corrected chi connectivity index (χ0v) is 15.5. The van der Waals surface area contributed by atoms with Crippen LogP contribution < -0.4 is 0 Å². The van der Waals surface area contributed by atoms with Gasteiger partial charge < -0.3 is 9.47 Å². The van der Waals surface area contributed by atoms with Gasteiger partial charge >= 0.3 is 5.97 Å². The second kappa shape index (κ2) is 9.34. The molecule has 0 radical (unpaired) electrons. The van der Waals surface area contributed by atoms with E-state index in [1.807, 2.05) is 31.2 Å². The fourth-order valence-corrected chi connectivity index (χ4v) is 3.56. The fourth-order valence-electron chi connectivity index (χ4n) is 2.79. The van der Waals surface area contributed by atoms with E-state index >= 15 is 0 Å². The highest BCUT2D eigenvalue weighted by Gasteiger charge is 2.34. The number of esters is 1. The predicted octanol–water partition coefficient (Wildman–Crippen LogP) is 4.80. The van der Waals surface area contributed by atoms with E-state index in [1.54, 1.807) is 31.9 Å². The first-order valence-corrected chi connectivity index (χ1v) is 9.29. The number of methoxy groups -OCH3 is 1. The molecule has 0 heterocycles. The summed E-state index contributed by atoms with van der Waals surface area (Å²) in [5.74, 6) is -0.766. The van der Waals surface area contributed by atoms with Crippen molar-refractivity contribution in [2.75, 3.05) is 13.7 Å². The maximum absolute atomic E-state index is 13.4. The van der Waals surface area contributed by atoms with Crippen LogP contribution in [0.1, 0.15) is 32.3 Å². The minimum absolute atomic E-state index is 0.0207. The van der Waals surface area contributed by atoms with Crippen molar-refractivity contribution in [3.63, 3.8) is 0 Å². The summed E-state index contributed by atoms with van der Waals surface area (Å²) in [6, 6.07) is 7.44. The number of carbonyl (C=O) groups is 1. The Morgan fingerprint density at radius 2 is 1.88 bits per heavy atom. The van der Waals surface area contributed by atoms with E-state index in [2.05, 4.69) is 0 Å². The number of allylic oxidation sites excluding steroid dienone is 1. The Balaban J connectivity index is 2.22. The van der Waals surface area contributed by atoms with Crippen LogP contribution in [0.3, 0.4) is 0 Å². The van der Waals surface area contributed by atoms with Gasteiger partial charge in [0, 0.05) is 12.0 Å². The van der Waals surface area contributed by atoms with Crippen molar-refractivity contribution in [1.29, 1.82) is 0 Å². The van der Waals surface area contributed by atoms with Crippen molar-refractivity contribution in [3.05, 3.63) is 35.9 Å². The molecule has 1 fully saturated rings. The SMILES string of the molecule is CCOC(=O)/C(=C/C1C[C@@H](F)[C@@H](F)C1)c1ccc(SC(C)OC)cc1. The Labute approximate surface area is 151 Å². The Kier molecular flexibility index (Phi) is 7.44. The maximum Gasteiger partial charge on any atom is 0.338 e. The average Bonchev–Trinajstić information content (AvgIpc) is 2.91. The van der Waals surface area contributed by atoms with E-state index < -0.39 is 18.3 Å². The van der Waals surface area contributed by atoms with Gasteiger partial charge in [0.1, 0.15) is 17.8 Å². The van der Waals surface area contributed by atoms with Gasteiger partial charge in [0.25, 0.3) is 0 Å². The molecule has 1 aliphatic rings. The highest BCUT2D eigenvalue weighted by Crippen LogP contribution is 2.34. The van der Waals surface area contributed by atoms with Crippen LogP contribution in [0.5, 0.6) is 0 Å². The second-order valence-electron chi connectivity index (χ2n) is 6.01. The molecule has 1 saturated carbocycles. The van der Waals surface area contributed by atoms with Gasteiger partial charge in [-0.15, -0.1) is 0 Å². The quantitative estimate of drug-likeness (QED) is 0.299. The van der Waals surface area contributed by atoms with Crippen molar-refractivity contribution in [3.8, 4) is 0 Å². The van der Waals surface area contributed by atoms with Crippen LogP contribution in [0, 0.1) is 5.92 Å². The first kappa shape index (κ1) is 19.9. The van der Waals surface area contributed by atoms with Crippen LogP contribution in [0.15, 0.2) is 35.2 Å². The Hall–Kier alpha value is -1.40. The zero-order chi connectivity index (χ0) is 18.4. The largest absolute Gasteiger partial charge is 0.462 e. The van der Waals surface area contributed by atoms with Crippen molar-refractivity contribution in [1.82, 2.24) is 0 Å². The van der Waals surface area contributed by atoms with Gasteiger partial charge in [-0.3, -0.25) is 0 Å². The maximum atomic E-state index is 13.4. The molecule has 4 atom stereocenters. The molecule has 0 amide bonds. The van der Waals surface area contributed by atoms with E-state index in [9.17, 15) is 13.6 Å². The summed E-state index contributed by atoms with van der Waals surface area (Å²) in [5, 5.41) is 0.